The second-order valence-electron chi connectivity index (χ2n) is 7.34. The van der Waals surface area contributed by atoms with E-state index in [1.54, 1.807) is 6.07 Å². The van der Waals surface area contributed by atoms with Gasteiger partial charge in [0.2, 0.25) is 17.8 Å². The van der Waals surface area contributed by atoms with Gasteiger partial charge in [0.25, 0.3) is 5.56 Å². The third-order valence-electron chi connectivity index (χ3n) is 5.34. The molecule has 9 nitrogen and oxygen atoms in total. The van der Waals surface area contributed by atoms with Gasteiger partial charge in [0.15, 0.2) is 0 Å². The van der Waals surface area contributed by atoms with E-state index in [1.807, 2.05) is 30.9 Å². The van der Waals surface area contributed by atoms with Crippen LogP contribution in [0.15, 0.2) is 23.0 Å². The number of hydrogen-bond donors (Lipinski definition) is 3. The fourth-order valence-electron chi connectivity index (χ4n) is 3.56. The number of fused-ring (bicyclic) bond motifs is 1. The second kappa shape index (κ2) is 7.67. The number of aromatic nitrogens is 2. The Balaban J connectivity index is 1.64. The predicted octanol–water partition coefficient (Wildman–Crippen LogP) is 1.29. The summed E-state index contributed by atoms with van der Waals surface area (Å²) in [5.74, 6) is -1.14. The standard InChI is InChI=1S/C20H23N5O4/c1-11-3-4-13(9-12(11)2)21-18(27)14-10-15(26)22-17-16(14)19(28)24-20(23-17)25-5-7-29-8-6-25/h3-4,9,14H,5-8,10H2,1-2H3,(H,21,27)(H2,22,23,24,26,28)/t14-/m0/s1. The molecule has 0 aliphatic carbocycles. The molecule has 1 aromatic heterocycles. The Bertz CT molecular complexity index is 1030. The van der Waals surface area contributed by atoms with Gasteiger partial charge in [0.05, 0.1) is 24.7 Å². The summed E-state index contributed by atoms with van der Waals surface area (Å²) >= 11 is 0. The highest BCUT2D eigenvalue weighted by Crippen LogP contribution is 2.30. The normalized spacial score (nSPS) is 18.8. The van der Waals surface area contributed by atoms with Crippen molar-refractivity contribution in [2.24, 2.45) is 0 Å². The van der Waals surface area contributed by atoms with Crippen LogP contribution in [0.5, 0.6) is 0 Å². The number of aryl methyl sites for hydroxylation is 2. The highest BCUT2D eigenvalue weighted by molar-refractivity contribution is 6.04. The number of carbonyl (C=O) groups excluding carboxylic acids is 2. The molecule has 2 aliphatic rings. The molecule has 0 saturated carbocycles. The van der Waals surface area contributed by atoms with Crippen LogP contribution in [0.3, 0.4) is 0 Å². The third kappa shape index (κ3) is 3.86. The number of carbonyl (C=O) groups is 2. The second-order valence-corrected chi connectivity index (χ2v) is 7.34. The van der Waals surface area contributed by atoms with E-state index in [4.69, 9.17) is 4.74 Å². The predicted molar refractivity (Wildman–Crippen MR) is 108 cm³/mol. The number of nitrogens with zero attached hydrogens (tertiary/aromatic N) is 2. The van der Waals surface area contributed by atoms with E-state index >= 15 is 0 Å². The fourth-order valence-corrected chi connectivity index (χ4v) is 3.56. The summed E-state index contributed by atoms with van der Waals surface area (Å²) in [7, 11) is 0. The van der Waals surface area contributed by atoms with E-state index < -0.39 is 17.4 Å². The summed E-state index contributed by atoms with van der Waals surface area (Å²) in [6.07, 6.45) is -0.106. The number of benzene rings is 1. The monoisotopic (exact) mass is 397 g/mol. The van der Waals surface area contributed by atoms with Gasteiger partial charge in [0, 0.05) is 25.2 Å². The van der Waals surface area contributed by atoms with Crippen molar-refractivity contribution in [2.45, 2.75) is 26.2 Å². The molecular weight excluding hydrogens is 374 g/mol. The Morgan fingerprint density at radius 2 is 1.97 bits per heavy atom. The molecule has 1 saturated heterocycles. The summed E-state index contributed by atoms with van der Waals surface area (Å²) in [5, 5.41) is 5.46. The summed E-state index contributed by atoms with van der Waals surface area (Å²) < 4.78 is 5.32. The first-order valence-corrected chi connectivity index (χ1v) is 9.57. The number of morpholine rings is 1. The number of rotatable bonds is 3. The zero-order chi connectivity index (χ0) is 20.5. The zero-order valence-corrected chi connectivity index (χ0v) is 16.4. The highest BCUT2D eigenvalue weighted by atomic mass is 16.5. The maximum absolute atomic E-state index is 12.9. The molecule has 1 atom stereocenters. The van der Waals surface area contributed by atoms with Gasteiger partial charge in [-0.3, -0.25) is 19.4 Å². The van der Waals surface area contributed by atoms with Crippen molar-refractivity contribution in [2.75, 3.05) is 41.8 Å². The molecule has 4 rings (SSSR count). The third-order valence-corrected chi connectivity index (χ3v) is 5.34. The minimum absolute atomic E-state index is 0.106. The average Bonchev–Trinajstić information content (AvgIpc) is 2.70. The molecule has 0 bridgehead atoms. The Kier molecular flexibility index (Phi) is 5.06. The van der Waals surface area contributed by atoms with Crippen molar-refractivity contribution in [1.29, 1.82) is 0 Å². The van der Waals surface area contributed by atoms with Crippen LogP contribution in [0.2, 0.25) is 0 Å². The Labute approximate surface area is 167 Å². The lowest BCUT2D eigenvalue weighted by Gasteiger charge is -2.29. The molecule has 0 unspecified atom stereocenters. The van der Waals surface area contributed by atoms with Crippen molar-refractivity contribution in [3.63, 3.8) is 0 Å². The van der Waals surface area contributed by atoms with Gasteiger partial charge in [-0.15, -0.1) is 0 Å². The maximum Gasteiger partial charge on any atom is 0.258 e. The van der Waals surface area contributed by atoms with Gasteiger partial charge >= 0.3 is 0 Å². The van der Waals surface area contributed by atoms with Crippen molar-refractivity contribution in [3.05, 3.63) is 45.2 Å². The molecular formula is C20H23N5O4. The molecule has 2 aliphatic heterocycles. The van der Waals surface area contributed by atoms with Crippen LogP contribution in [0, 0.1) is 13.8 Å². The van der Waals surface area contributed by atoms with E-state index in [9.17, 15) is 14.4 Å². The largest absolute Gasteiger partial charge is 0.378 e. The summed E-state index contributed by atoms with van der Waals surface area (Å²) in [6, 6.07) is 5.57. The number of aromatic amines is 1. The Hall–Kier alpha value is -3.20. The molecule has 1 fully saturated rings. The first kappa shape index (κ1) is 19.1. The van der Waals surface area contributed by atoms with Gasteiger partial charge in [-0.2, -0.15) is 4.98 Å². The lowest BCUT2D eigenvalue weighted by Crippen LogP contribution is -2.41. The molecule has 3 heterocycles. The number of H-pyrrole nitrogens is 1. The number of anilines is 3. The first-order chi connectivity index (χ1) is 13.9. The molecule has 3 N–H and O–H groups in total. The van der Waals surface area contributed by atoms with Crippen LogP contribution in [0.1, 0.15) is 29.0 Å². The van der Waals surface area contributed by atoms with E-state index in [2.05, 4.69) is 20.6 Å². The van der Waals surface area contributed by atoms with Crippen LogP contribution in [0.25, 0.3) is 0 Å². The maximum atomic E-state index is 12.9. The van der Waals surface area contributed by atoms with Gasteiger partial charge in [-0.1, -0.05) is 6.07 Å². The zero-order valence-electron chi connectivity index (χ0n) is 16.4. The van der Waals surface area contributed by atoms with Crippen molar-refractivity contribution in [3.8, 4) is 0 Å². The van der Waals surface area contributed by atoms with Crippen LogP contribution in [-0.2, 0) is 14.3 Å². The van der Waals surface area contributed by atoms with Gasteiger partial charge in [0.1, 0.15) is 5.82 Å². The highest BCUT2D eigenvalue weighted by Gasteiger charge is 2.35. The van der Waals surface area contributed by atoms with Crippen LogP contribution in [0.4, 0.5) is 17.5 Å². The smallest absolute Gasteiger partial charge is 0.258 e. The number of ether oxygens (including phenoxy) is 1. The molecule has 29 heavy (non-hydrogen) atoms. The molecule has 2 amide bonds. The van der Waals surface area contributed by atoms with E-state index in [-0.39, 0.29) is 23.7 Å². The van der Waals surface area contributed by atoms with Crippen LogP contribution in [-0.4, -0.2) is 48.1 Å². The van der Waals surface area contributed by atoms with E-state index in [0.29, 0.717) is 37.9 Å². The Morgan fingerprint density at radius 1 is 1.21 bits per heavy atom. The summed E-state index contributed by atoms with van der Waals surface area (Å²) in [4.78, 5) is 47.0. The molecule has 1 aromatic carbocycles. The van der Waals surface area contributed by atoms with Gasteiger partial charge in [-0.25, -0.2) is 0 Å². The number of amides is 2. The van der Waals surface area contributed by atoms with E-state index in [1.165, 1.54) is 0 Å². The number of hydrogen-bond acceptors (Lipinski definition) is 6. The topological polar surface area (TPSA) is 116 Å². The molecule has 9 heteroatoms. The lowest BCUT2D eigenvalue weighted by atomic mass is 9.92. The minimum atomic E-state index is -0.907. The molecule has 0 spiro atoms. The minimum Gasteiger partial charge on any atom is -0.378 e. The summed E-state index contributed by atoms with van der Waals surface area (Å²) in [5.41, 5.74) is 2.54. The van der Waals surface area contributed by atoms with Crippen molar-refractivity contribution < 1.29 is 14.3 Å². The first-order valence-electron chi connectivity index (χ1n) is 9.57. The molecule has 152 valence electrons. The van der Waals surface area contributed by atoms with Crippen LogP contribution >= 0.6 is 0 Å². The number of nitrogens with one attached hydrogen (secondary N) is 3. The Morgan fingerprint density at radius 3 is 2.69 bits per heavy atom. The summed E-state index contributed by atoms with van der Waals surface area (Å²) in [6.45, 7) is 6.19. The van der Waals surface area contributed by atoms with Crippen LogP contribution < -0.4 is 21.1 Å². The molecule has 2 aromatic rings. The fraction of sp³-hybridized carbons (Fsp3) is 0.400. The van der Waals surface area contributed by atoms with Gasteiger partial charge < -0.3 is 20.3 Å². The lowest BCUT2D eigenvalue weighted by molar-refractivity contribution is -0.123. The quantitative estimate of drug-likeness (QED) is 0.719. The molecule has 0 radical (unpaired) electrons. The SMILES string of the molecule is Cc1ccc(NC(=O)[C@H]2CC(=O)Nc3nc(N4CCOCC4)[nH]c(=O)c32)cc1C. The average molecular weight is 397 g/mol. The van der Waals surface area contributed by atoms with Gasteiger partial charge in [-0.05, 0) is 37.1 Å². The van der Waals surface area contributed by atoms with Crippen molar-refractivity contribution in [1.82, 2.24) is 9.97 Å². The van der Waals surface area contributed by atoms with E-state index in [0.717, 1.165) is 11.1 Å². The van der Waals surface area contributed by atoms with Crippen molar-refractivity contribution >= 4 is 29.3 Å².